The summed E-state index contributed by atoms with van der Waals surface area (Å²) in [4.78, 5) is 0. The molecule has 1 aliphatic rings. The quantitative estimate of drug-likeness (QED) is 0.344. The van der Waals surface area contributed by atoms with E-state index in [2.05, 4.69) is 23.3 Å². The first-order chi connectivity index (χ1) is 5.24. The molecule has 1 rings (SSSR count). The van der Waals surface area contributed by atoms with Gasteiger partial charge in [-0.3, -0.25) is 0 Å². The molecule has 66 valence electrons. The standard InChI is InChI=1S/C7H16N2OS/c1-5(11)9-7-3-8-2-6(7)4-10/h5-11H,2-4H2,1H3. The van der Waals surface area contributed by atoms with Crippen molar-refractivity contribution in [2.24, 2.45) is 5.92 Å². The number of thiol groups is 1. The summed E-state index contributed by atoms with van der Waals surface area (Å²) in [5.74, 6) is 0.351. The molecule has 11 heavy (non-hydrogen) atoms. The first-order valence-electron chi connectivity index (χ1n) is 3.99. The van der Waals surface area contributed by atoms with Crippen molar-refractivity contribution >= 4 is 12.6 Å². The van der Waals surface area contributed by atoms with Gasteiger partial charge in [0.2, 0.25) is 0 Å². The Morgan fingerprint density at radius 1 is 1.73 bits per heavy atom. The smallest absolute Gasteiger partial charge is 0.0486 e. The topological polar surface area (TPSA) is 44.3 Å². The Bertz CT molecular complexity index is 121. The minimum absolute atomic E-state index is 0.203. The minimum Gasteiger partial charge on any atom is -0.396 e. The Labute approximate surface area is 73.0 Å². The third-order valence-electron chi connectivity index (χ3n) is 2.03. The maximum absolute atomic E-state index is 8.94. The molecule has 1 heterocycles. The van der Waals surface area contributed by atoms with Gasteiger partial charge in [-0.25, -0.2) is 0 Å². The Balaban J connectivity index is 2.31. The van der Waals surface area contributed by atoms with Crippen molar-refractivity contribution in [1.82, 2.24) is 10.6 Å². The molecule has 1 fully saturated rings. The zero-order chi connectivity index (χ0) is 8.27. The van der Waals surface area contributed by atoms with Gasteiger partial charge in [0.25, 0.3) is 0 Å². The summed E-state index contributed by atoms with van der Waals surface area (Å²) in [6.45, 7) is 4.10. The van der Waals surface area contributed by atoms with E-state index < -0.39 is 0 Å². The van der Waals surface area contributed by atoms with Crippen LogP contribution in [-0.4, -0.2) is 36.2 Å². The third kappa shape index (κ3) is 2.63. The van der Waals surface area contributed by atoms with Crippen molar-refractivity contribution in [1.29, 1.82) is 0 Å². The lowest BCUT2D eigenvalue weighted by Crippen LogP contribution is -2.40. The molecule has 0 amide bonds. The van der Waals surface area contributed by atoms with Crippen LogP contribution >= 0.6 is 12.6 Å². The Kier molecular flexibility index (Phi) is 3.65. The molecule has 0 bridgehead atoms. The lowest BCUT2D eigenvalue weighted by atomic mass is 10.1. The van der Waals surface area contributed by atoms with E-state index >= 15 is 0 Å². The number of nitrogens with one attached hydrogen (secondary N) is 2. The second-order valence-corrected chi connectivity index (χ2v) is 3.82. The number of hydrogen-bond acceptors (Lipinski definition) is 4. The van der Waals surface area contributed by atoms with Gasteiger partial charge in [-0.05, 0) is 6.92 Å². The molecular weight excluding hydrogens is 160 g/mol. The van der Waals surface area contributed by atoms with Crippen LogP contribution in [0, 0.1) is 5.92 Å². The number of rotatable bonds is 3. The summed E-state index contributed by atoms with van der Waals surface area (Å²) in [6.07, 6.45) is 0. The average molecular weight is 176 g/mol. The molecule has 0 aromatic rings. The van der Waals surface area contributed by atoms with Crippen molar-refractivity contribution in [3.05, 3.63) is 0 Å². The van der Waals surface area contributed by atoms with Crippen molar-refractivity contribution in [2.45, 2.75) is 18.3 Å². The van der Waals surface area contributed by atoms with E-state index in [0.717, 1.165) is 13.1 Å². The number of hydrogen-bond donors (Lipinski definition) is 4. The van der Waals surface area contributed by atoms with Crippen molar-refractivity contribution in [3.63, 3.8) is 0 Å². The van der Waals surface area contributed by atoms with Gasteiger partial charge in [0.15, 0.2) is 0 Å². The maximum atomic E-state index is 8.94. The molecular formula is C7H16N2OS. The highest BCUT2D eigenvalue weighted by atomic mass is 32.1. The van der Waals surface area contributed by atoms with E-state index in [1.165, 1.54) is 0 Å². The Hall–Kier alpha value is 0.230. The highest BCUT2D eigenvalue weighted by molar-refractivity contribution is 7.80. The molecule has 0 aliphatic carbocycles. The predicted molar refractivity (Wildman–Crippen MR) is 48.8 cm³/mol. The van der Waals surface area contributed by atoms with Crippen LogP contribution in [0.25, 0.3) is 0 Å². The van der Waals surface area contributed by atoms with E-state index in [1.54, 1.807) is 0 Å². The molecule has 1 aliphatic heterocycles. The normalized spacial score (nSPS) is 34.1. The molecule has 0 aromatic heterocycles. The Morgan fingerprint density at radius 3 is 3.00 bits per heavy atom. The van der Waals surface area contributed by atoms with Crippen molar-refractivity contribution in [2.75, 3.05) is 19.7 Å². The summed E-state index contributed by atoms with van der Waals surface area (Å²) in [5.41, 5.74) is 0. The van der Waals surface area contributed by atoms with Crippen LogP contribution in [0.5, 0.6) is 0 Å². The second kappa shape index (κ2) is 4.30. The zero-order valence-corrected chi connectivity index (χ0v) is 7.64. The van der Waals surface area contributed by atoms with Crippen LogP contribution in [0.2, 0.25) is 0 Å². The highest BCUT2D eigenvalue weighted by Crippen LogP contribution is 2.09. The Morgan fingerprint density at radius 2 is 2.45 bits per heavy atom. The number of aliphatic hydroxyl groups excluding tert-OH is 1. The summed E-state index contributed by atoms with van der Waals surface area (Å²) < 4.78 is 0. The second-order valence-electron chi connectivity index (χ2n) is 3.05. The van der Waals surface area contributed by atoms with Crippen LogP contribution in [-0.2, 0) is 0 Å². The van der Waals surface area contributed by atoms with Gasteiger partial charge in [0.05, 0.1) is 0 Å². The average Bonchev–Trinajstić information content (AvgIpc) is 2.34. The van der Waals surface area contributed by atoms with Gasteiger partial charge in [-0.1, -0.05) is 0 Å². The van der Waals surface area contributed by atoms with Gasteiger partial charge in [0.1, 0.15) is 0 Å². The molecule has 3 unspecified atom stereocenters. The predicted octanol–water partition coefficient (Wildman–Crippen LogP) is -0.568. The van der Waals surface area contributed by atoms with Crippen molar-refractivity contribution < 1.29 is 5.11 Å². The van der Waals surface area contributed by atoms with E-state index in [0.29, 0.717) is 12.0 Å². The molecule has 3 atom stereocenters. The minimum atomic E-state index is 0.203. The molecule has 3 nitrogen and oxygen atoms in total. The van der Waals surface area contributed by atoms with Crippen LogP contribution in [0.1, 0.15) is 6.92 Å². The van der Waals surface area contributed by atoms with Crippen LogP contribution in [0.15, 0.2) is 0 Å². The van der Waals surface area contributed by atoms with Gasteiger partial charge in [0, 0.05) is 37.0 Å². The molecule has 3 N–H and O–H groups in total. The largest absolute Gasteiger partial charge is 0.396 e. The first-order valence-corrected chi connectivity index (χ1v) is 4.51. The lowest BCUT2D eigenvalue weighted by Gasteiger charge is -2.19. The summed E-state index contributed by atoms with van der Waals surface area (Å²) in [5, 5.41) is 15.7. The summed E-state index contributed by atoms with van der Waals surface area (Å²) in [6, 6.07) is 0.382. The van der Waals surface area contributed by atoms with Crippen LogP contribution in [0.4, 0.5) is 0 Å². The highest BCUT2D eigenvalue weighted by Gasteiger charge is 2.26. The fraction of sp³-hybridized carbons (Fsp3) is 1.00. The molecule has 0 aromatic carbocycles. The molecule has 1 saturated heterocycles. The first kappa shape index (κ1) is 9.32. The fourth-order valence-corrected chi connectivity index (χ4v) is 1.62. The van der Waals surface area contributed by atoms with E-state index in [9.17, 15) is 0 Å². The fourth-order valence-electron chi connectivity index (χ4n) is 1.43. The zero-order valence-electron chi connectivity index (χ0n) is 6.75. The van der Waals surface area contributed by atoms with Gasteiger partial charge in [-0.15, -0.1) is 0 Å². The summed E-state index contributed by atoms with van der Waals surface area (Å²) in [7, 11) is 0. The summed E-state index contributed by atoms with van der Waals surface area (Å²) >= 11 is 4.23. The van der Waals surface area contributed by atoms with Gasteiger partial charge in [-0.2, -0.15) is 12.6 Å². The van der Waals surface area contributed by atoms with Gasteiger partial charge < -0.3 is 15.7 Å². The van der Waals surface area contributed by atoms with Crippen LogP contribution in [0.3, 0.4) is 0 Å². The molecule has 4 heteroatoms. The van der Waals surface area contributed by atoms with E-state index in [1.807, 2.05) is 6.92 Å². The third-order valence-corrected chi connectivity index (χ3v) is 2.18. The number of aliphatic hydroxyl groups is 1. The van der Waals surface area contributed by atoms with E-state index in [-0.39, 0.29) is 12.0 Å². The van der Waals surface area contributed by atoms with E-state index in [4.69, 9.17) is 5.11 Å². The molecule has 0 saturated carbocycles. The monoisotopic (exact) mass is 176 g/mol. The maximum Gasteiger partial charge on any atom is 0.0486 e. The van der Waals surface area contributed by atoms with Gasteiger partial charge >= 0.3 is 0 Å². The molecule has 0 spiro atoms. The lowest BCUT2D eigenvalue weighted by molar-refractivity contribution is 0.215. The van der Waals surface area contributed by atoms with Crippen LogP contribution < -0.4 is 10.6 Å². The molecule has 0 radical (unpaired) electrons. The van der Waals surface area contributed by atoms with Crippen molar-refractivity contribution in [3.8, 4) is 0 Å². The SMILES string of the molecule is CC(S)NC1CNCC1CO.